The molecule has 0 aromatic heterocycles. The molecule has 2 nitrogen and oxygen atoms in total. The predicted molar refractivity (Wildman–Crippen MR) is 147 cm³/mol. The van der Waals surface area contributed by atoms with Crippen LogP contribution in [0.5, 0.6) is 11.5 Å². The zero-order chi connectivity index (χ0) is 26.9. The summed E-state index contributed by atoms with van der Waals surface area (Å²) in [5, 5.41) is 0. The van der Waals surface area contributed by atoms with Crippen molar-refractivity contribution in [2.45, 2.75) is 52.6 Å². The molecule has 0 aliphatic heterocycles. The minimum atomic E-state index is -0.884. The topological polar surface area (TPSA) is 18.5 Å². The van der Waals surface area contributed by atoms with Gasteiger partial charge in [-0.25, -0.2) is 13.2 Å². The van der Waals surface area contributed by atoms with Gasteiger partial charge in [0.15, 0.2) is 23.2 Å². The molecule has 38 heavy (non-hydrogen) atoms. The van der Waals surface area contributed by atoms with E-state index in [1.54, 1.807) is 60.7 Å². The van der Waals surface area contributed by atoms with Crippen molar-refractivity contribution in [2.75, 3.05) is 6.61 Å². The number of rotatable bonds is 12. The van der Waals surface area contributed by atoms with E-state index in [0.29, 0.717) is 23.5 Å². The van der Waals surface area contributed by atoms with Crippen molar-refractivity contribution in [2.24, 2.45) is 0 Å². The van der Waals surface area contributed by atoms with Gasteiger partial charge >= 0.3 is 0 Å². The Morgan fingerprint density at radius 2 is 1.24 bits per heavy atom. The van der Waals surface area contributed by atoms with Crippen LogP contribution in [0.2, 0.25) is 0 Å². The Bertz CT molecular complexity index is 1330. The molecule has 0 saturated carbocycles. The Morgan fingerprint density at radius 3 is 1.84 bits per heavy atom. The number of ether oxygens (including phenoxy) is 2. The summed E-state index contributed by atoms with van der Waals surface area (Å²) in [6, 6.07) is 22.1. The van der Waals surface area contributed by atoms with Gasteiger partial charge in [0.1, 0.15) is 12.4 Å². The van der Waals surface area contributed by atoms with E-state index in [4.69, 9.17) is 9.47 Å². The largest absolute Gasteiger partial charge is 0.491 e. The fourth-order valence-corrected chi connectivity index (χ4v) is 4.25. The van der Waals surface area contributed by atoms with Crippen LogP contribution in [-0.4, -0.2) is 6.61 Å². The second kappa shape index (κ2) is 13.2. The zero-order valence-corrected chi connectivity index (χ0v) is 21.9. The first-order valence-corrected chi connectivity index (χ1v) is 13.2. The van der Waals surface area contributed by atoms with E-state index < -0.39 is 17.5 Å². The maximum absolute atomic E-state index is 15.0. The first-order valence-electron chi connectivity index (χ1n) is 13.2. The third-order valence-electron chi connectivity index (χ3n) is 6.52. The van der Waals surface area contributed by atoms with Gasteiger partial charge in [0.2, 0.25) is 0 Å². The Morgan fingerprint density at radius 1 is 0.632 bits per heavy atom. The van der Waals surface area contributed by atoms with E-state index in [0.717, 1.165) is 24.0 Å². The Hall–Kier alpha value is -3.73. The smallest absolute Gasteiger partial charge is 0.168 e. The average Bonchev–Trinajstić information content (AvgIpc) is 2.93. The van der Waals surface area contributed by atoms with E-state index in [1.165, 1.54) is 25.3 Å². The summed E-state index contributed by atoms with van der Waals surface area (Å²) in [6.45, 7) is 4.81. The fourth-order valence-electron chi connectivity index (χ4n) is 4.25. The molecule has 5 heteroatoms. The van der Waals surface area contributed by atoms with Crippen LogP contribution in [-0.2, 0) is 6.61 Å². The molecule has 4 aromatic rings. The summed E-state index contributed by atoms with van der Waals surface area (Å²) in [4.78, 5) is 0. The fraction of sp³-hybridized carbons (Fsp3) is 0.273. The monoisotopic (exact) mass is 518 g/mol. The van der Waals surface area contributed by atoms with E-state index >= 15 is 0 Å². The van der Waals surface area contributed by atoms with Gasteiger partial charge in [-0.1, -0.05) is 98.8 Å². The van der Waals surface area contributed by atoms with Crippen LogP contribution < -0.4 is 9.47 Å². The minimum absolute atomic E-state index is 0.189. The third-order valence-corrected chi connectivity index (χ3v) is 6.52. The number of aryl methyl sites for hydroxylation is 1. The molecule has 4 aromatic carbocycles. The Labute approximate surface area is 223 Å². The van der Waals surface area contributed by atoms with Gasteiger partial charge in [0.25, 0.3) is 0 Å². The number of hydrogen-bond acceptors (Lipinski definition) is 2. The summed E-state index contributed by atoms with van der Waals surface area (Å²) in [5.41, 5.74) is 3.47. The lowest BCUT2D eigenvalue weighted by molar-refractivity contribution is 0.283. The van der Waals surface area contributed by atoms with Crippen LogP contribution in [0.15, 0.2) is 78.9 Å². The molecule has 0 unspecified atom stereocenters. The second-order valence-electron chi connectivity index (χ2n) is 9.50. The van der Waals surface area contributed by atoms with Crippen molar-refractivity contribution < 1.29 is 22.6 Å². The van der Waals surface area contributed by atoms with Crippen LogP contribution >= 0.6 is 0 Å². The molecule has 198 valence electrons. The average molecular weight is 519 g/mol. The number of unbranched alkanes of at least 4 members (excludes halogenated alkanes) is 4. The Balaban J connectivity index is 1.35. The maximum atomic E-state index is 15.0. The molecule has 0 saturated heterocycles. The Kier molecular flexibility index (Phi) is 9.47. The van der Waals surface area contributed by atoms with E-state index in [9.17, 15) is 13.2 Å². The van der Waals surface area contributed by atoms with Gasteiger partial charge in [-0.05, 0) is 42.2 Å². The minimum Gasteiger partial charge on any atom is -0.491 e. The van der Waals surface area contributed by atoms with Crippen LogP contribution in [0.4, 0.5) is 13.2 Å². The number of halogens is 3. The van der Waals surface area contributed by atoms with Crippen LogP contribution in [0.25, 0.3) is 22.3 Å². The van der Waals surface area contributed by atoms with Crippen LogP contribution in [0.1, 0.15) is 50.2 Å². The van der Waals surface area contributed by atoms with Gasteiger partial charge in [-0.15, -0.1) is 0 Å². The lowest BCUT2D eigenvalue weighted by Gasteiger charge is -2.11. The van der Waals surface area contributed by atoms with Crippen molar-refractivity contribution >= 4 is 0 Å². The summed E-state index contributed by atoms with van der Waals surface area (Å²) in [6.07, 6.45) is 5.54. The first-order chi connectivity index (χ1) is 18.5. The highest BCUT2D eigenvalue weighted by molar-refractivity contribution is 5.72. The highest BCUT2D eigenvalue weighted by atomic mass is 19.2. The SMILES string of the molecule is CCCCCCCOc1ccc(OCc2ccc(-c3ccc(-c4ccc(C)cc4)c(F)c3F)cc2)cc1F. The molecule has 0 bridgehead atoms. The molecule has 0 aliphatic carbocycles. The third kappa shape index (κ3) is 6.97. The van der Waals surface area contributed by atoms with E-state index in [1.807, 2.05) is 19.1 Å². The van der Waals surface area contributed by atoms with Gasteiger partial charge in [-0.2, -0.15) is 0 Å². The summed E-state index contributed by atoms with van der Waals surface area (Å²) in [5.74, 6) is -1.60. The van der Waals surface area contributed by atoms with Gasteiger partial charge in [-0.3, -0.25) is 0 Å². The van der Waals surface area contributed by atoms with Crippen molar-refractivity contribution in [3.8, 4) is 33.8 Å². The molecule has 0 fully saturated rings. The van der Waals surface area contributed by atoms with Crippen molar-refractivity contribution in [3.05, 3.63) is 107 Å². The highest BCUT2D eigenvalue weighted by Gasteiger charge is 2.16. The van der Waals surface area contributed by atoms with E-state index in [2.05, 4.69) is 6.92 Å². The molecule has 4 rings (SSSR count). The summed E-state index contributed by atoms with van der Waals surface area (Å²) >= 11 is 0. The van der Waals surface area contributed by atoms with E-state index in [-0.39, 0.29) is 23.5 Å². The molecule has 0 heterocycles. The predicted octanol–water partition coefficient (Wildman–Crippen LogP) is 9.67. The maximum Gasteiger partial charge on any atom is 0.168 e. The molecule has 0 N–H and O–H groups in total. The van der Waals surface area contributed by atoms with Gasteiger partial charge in [0.05, 0.1) is 6.61 Å². The van der Waals surface area contributed by atoms with Crippen molar-refractivity contribution in [1.82, 2.24) is 0 Å². The quantitative estimate of drug-likeness (QED) is 0.174. The number of hydrogen-bond donors (Lipinski definition) is 0. The normalized spacial score (nSPS) is 11.0. The van der Waals surface area contributed by atoms with Crippen LogP contribution in [0, 0.1) is 24.4 Å². The van der Waals surface area contributed by atoms with Crippen LogP contribution in [0.3, 0.4) is 0 Å². The first kappa shape index (κ1) is 27.3. The molecular formula is C33H33F3O2. The lowest BCUT2D eigenvalue weighted by Crippen LogP contribution is -2.00. The summed E-state index contributed by atoms with van der Waals surface area (Å²) in [7, 11) is 0. The standard InChI is InChI=1S/C33H33F3O2/c1-3-4-5-6-7-20-37-31-19-16-27(21-30(31)34)38-22-24-10-14-26(15-11-24)29-18-17-28(32(35)33(29)36)25-12-8-23(2)9-13-25/h8-19,21H,3-7,20,22H2,1-2H3. The lowest BCUT2D eigenvalue weighted by atomic mass is 9.98. The molecular weight excluding hydrogens is 485 g/mol. The molecule has 0 amide bonds. The molecule has 0 spiro atoms. The highest BCUT2D eigenvalue weighted by Crippen LogP contribution is 2.32. The second-order valence-corrected chi connectivity index (χ2v) is 9.50. The van der Waals surface area contributed by atoms with Crippen molar-refractivity contribution in [1.29, 1.82) is 0 Å². The summed E-state index contributed by atoms with van der Waals surface area (Å²) < 4.78 is 55.5. The van der Waals surface area contributed by atoms with Gasteiger partial charge in [0, 0.05) is 17.2 Å². The molecule has 0 radical (unpaired) electrons. The molecule has 0 atom stereocenters. The van der Waals surface area contributed by atoms with Gasteiger partial charge < -0.3 is 9.47 Å². The zero-order valence-electron chi connectivity index (χ0n) is 21.9. The molecule has 0 aliphatic rings. The number of benzene rings is 4. The van der Waals surface area contributed by atoms with Crippen molar-refractivity contribution in [3.63, 3.8) is 0 Å².